The van der Waals surface area contributed by atoms with E-state index in [-0.39, 0.29) is 12.5 Å². The topological polar surface area (TPSA) is 66.6 Å². The van der Waals surface area contributed by atoms with Crippen LogP contribution in [0.15, 0.2) is 24.3 Å². The predicted octanol–water partition coefficient (Wildman–Crippen LogP) is 2.75. The van der Waals surface area contributed by atoms with Crippen LogP contribution in [0.3, 0.4) is 0 Å². The average molecular weight is 290 g/mol. The highest BCUT2D eigenvalue weighted by Gasteiger charge is 2.21. The van der Waals surface area contributed by atoms with Crippen LogP contribution >= 0.6 is 0 Å². The van der Waals surface area contributed by atoms with Crippen LogP contribution in [0, 0.1) is 0 Å². The standard InChI is InChI=1S/C17H26N2O2/c1-19-11-4-5-13(10-12-19)14-6-2-3-7-15(14)16(18)8-9-17(20)21/h2-3,6-7,13,16H,4-5,8-12,18H2,1H3,(H,20,21). The van der Waals surface area contributed by atoms with Crippen molar-refractivity contribution in [3.8, 4) is 0 Å². The Labute approximate surface area is 126 Å². The fourth-order valence-corrected chi connectivity index (χ4v) is 3.21. The van der Waals surface area contributed by atoms with E-state index in [0.717, 1.165) is 25.1 Å². The Morgan fingerprint density at radius 2 is 2.14 bits per heavy atom. The van der Waals surface area contributed by atoms with Gasteiger partial charge in [-0.25, -0.2) is 0 Å². The first-order valence-electron chi connectivity index (χ1n) is 7.82. The van der Waals surface area contributed by atoms with Gasteiger partial charge in [-0.1, -0.05) is 24.3 Å². The molecule has 1 aliphatic heterocycles. The summed E-state index contributed by atoms with van der Waals surface area (Å²) in [6.45, 7) is 2.27. The van der Waals surface area contributed by atoms with Crippen LogP contribution in [0.2, 0.25) is 0 Å². The van der Waals surface area contributed by atoms with Gasteiger partial charge in [0.1, 0.15) is 0 Å². The first-order valence-corrected chi connectivity index (χ1v) is 7.82. The van der Waals surface area contributed by atoms with Crippen LogP contribution < -0.4 is 5.73 Å². The van der Waals surface area contributed by atoms with Gasteiger partial charge in [0.05, 0.1) is 0 Å². The maximum absolute atomic E-state index is 10.7. The monoisotopic (exact) mass is 290 g/mol. The first kappa shape index (κ1) is 16.0. The predicted molar refractivity (Wildman–Crippen MR) is 84.3 cm³/mol. The molecule has 0 amide bonds. The van der Waals surface area contributed by atoms with Crippen molar-refractivity contribution >= 4 is 5.97 Å². The third-order valence-electron chi connectivity index (χ3n) is 4.46. The maximum atomic E-state index is 10.7. The van der Waals surface area contributed by atoms with Crippen molar-refractivity contribution in [2.75, 3.05) is 20.1 Å². The number of nitrogens with zero attached hydrogens (tertiary/aromatic N) is 1. The van der Waals surface area contributed by atoms with E-state index in [1.807, 2.05) is 6.07 Å². The molecule has 1 saturated heterocycles. The lowest BCUT2D eigenvalue weighted by Crippen LogP contribution is -2.19. The van der Waals surface area contributed by atoms with Gasteiger partial charge in [-0.05, 0) is 62.9 Å². The molecular formula is C17H26N2O2. The molecule has 0 bridgehead atoms. The Bertz CT molecular complexity index is 476. The lowest BCUT2D eigenvalue weighted by molar-refractivity contribution is -0.137. The second-order valence-electron chi connectivity index (χ2n) is 6.10. The number of nitrogens with two attached hydrogens (primary N) is 1. The maximum Gasteiger partial charge on any atom is 0.303 e. The lowest BCUT2D eigenvalue weighted by Gasteiger charge is -2.22. The molecule has 2 rings (SSSR count). The van der Waals surface area contributed by atoms with Gasteiger partial charge < -0.3 is 15.7 Å². The molecule has 1 aromatic rings. The van der Waals surface area contributed by atoms with E-state index in [2.05, 4.69) is 30.1 Å². The van der Waals surface area contributed by atoms with Crippen LogP contribution in [0.5, 0.6) is 0 Å². The Balaban J connectivity index is 2.13. The fourth-order valence-electron chi connectivity index (χ4n) is 3.21. The number of carboxylic acids is 1. The summed E-state index contributed by atoms with van der Waals surface area (Å²) in [6.07, 6.45) is 4.17. The van der Waals surface area contributed by atoms with Crippen LogP contribution in [-0.4, -0.2) is 36.1 Å². The molecule has 4 heteroatoms. The number of hydrogen-bond acceptors (Lipinski definition) is 3. The van der Waals surface area contributed by atoms with Gasteiger partial charge in [-0.15, -0.1) is 0 Å². The van der Waals surface area contributed by atoms with Gasteiger partial charge in [0.15, 0.2) is 0 Å². The van der Waals surface area contributed by atoms with Gasteiger partial charge in [0, 0.05) is 12.5 Å². The molecule has 2 atom stereocenters. The van der Waals surface area contributed by atoms with E-state index in [9.17, 15) is 4.79 Å². The Hall–Kier alpha value is -1.39. The summed E-state index contributed by atoms with van der Waals surface area (Å²) in [5.74, 6) is -0.235. The molecule has 0 aromatic heterocycles. The number of likely N-dealkylation sites (tertiary alicyclic amines) is 1. The highest BCUT2D eigenvalue weighted by atomic mass is 16.4. The summed E-state index contributed by atoms with van der Waals surface area (Å²) in [5, 5.41) is 8.83. The Kier molecular flexibility index (Phi) is 5.76. The zero-order valence-corrected chi connectivity index (χ0v) is 12.8. The van der Waals surface area contributed by atoms with Gasteiger partial charge in [-0.2, -0.15) is 0 Å². The van der Waals surface area contributed by atoms with Crippen molar-refractivity contribution < 1.29 is 9.90 Å². The highest BCUT2D eigenvalue weighted by Crippen LogP contribution is 2.33. The molecule has 3 N–H and O–H groups in total. The van der Waals surface area contributed by atoms with E-state index >= 15 is 0 Å². The van der Waals surface area contributed by atoms with Crippen molar-refractivity contribution in [1.82, 2.24) is 4.90 Å². The summed E-state index contributed by atoms with van der Waals surface area (Å²) in [7, 11) is 2.17. The second-order valence-corrected chi connectivity index (χ2v) is 6.10. The van der Waals surface area contributed by atoms with Gasteiger partial charge >= 0.3 is 5.97 Å². The number of rotatable bonds is 5. The van der Waals surface area contributed by atoms with E-state index in [0.29, 0.717) is 12.3 Å². The van der Waals surface area contributed by atoms with E-state index in [1.54, 1.807) is 0 Å². The summed E-state index contributed by atoms with van der Waals surface area (Å²) in [5.41, 5.74) is 8.70. The molecule has 1 heterocycles. The lowest BCUT2D eigenvalue weighted by atomic mass is 9.85. The number of benzene rings is 1. The summed E-state index contributed by atoms with van der Waals surface area (Å²) in [4.78, 5) is 13.1. The van der Waals surface area contributed by atoms with Crippen molar-refractivity contribution in [2.24, 2.45) is 5.73 Å². The fraction of sp³-hybridized carbons (Fsp3) is 0.588. The SMILES string of the molecule is CN1CCCC(c2ccccc2C(N)CCC(=O)O)CC1. The quantitative estimate of drug-likeness (QED) is 0.875. The molecule has 1 aliphatic rings. The van der Waals surface area contributed by atoms with E-state index in [4.69, 9.17) is 10.8 Å². The molecule has 1 aromatic carbocycles. The molecular weight excluding hydrogens is 264 g/mol. The van der Waals surface area contributed by atoms with Gasteiger partial charge in [0.25, 0.3) is 0 Å². The zero-order valence-electron chi connectivity index (χ0n) is 12.8. The first-order chi connectivity index (χ1) is 10.1. The highest BCUT2D eigenvalue weighted by molar-refractivity contribution is 5.66. The summed E-state index contributed by atoms with van der Waals surface area (Å²) < 4.78 is 0. The van der Waals surface area contributed by atoms with Crippen molar-refractivity contribution in [2.45, 2.75) is 44.1 Å². The van der Waals surface area contributed by atoms with Crippen molar-refractivity contribution in [3.63, 3.8) is 0 Å². The third kappa shape index (κ3) is 4.55. The summed E-state index contributed by atoms with van der Waals surface area (Å²) in [6, 6.07) is 8.13. The molecule has 116 valence electrons. The molecule has 4 nitrogen and oxygen atoms in total. The Morgan fingerprint density at radius 3 is 2.90 bits per heavy atom. The second kappa shape index (κ2) is 7.57. The normalized spacial score (nSPS) is 21.7. The molecule has 0 saturated carbocycles. The Morgan fingerprint density at radius 1 is 1.38 bits per heavy atom. The zero-order chi connectivity index (χ0) is 15.2. The van der Waals surface area contributed by atoms with Gasteiger partial charge in [0.2, 0.25) is 0 Å². The molecule has 1 fully saturated rings. The number of hydrogen-bond donors (Lipinski definition) is 2. The summed E-state index contributed by atoms with van der Waals surface area (Å²) >= 11 is 0. The van der Waals surface area contributed by atoms with Crippen molar-refractivity contribution in [3.05, 3.63) is 35.4 Å². The van der Waals surface area contributed by atoms with Gasteiger partial charge in [-0.3, -0.25) is 4.79 Å². The number of carbonyl (C=O) groups is 1. The molecule has 21 heavy (non-hydrogen) atoms. The van der Waals surface area contributed by atoms with Crippen LogP contribution in [0.1, 0.15) is 55.2 Å². The smallest absolute Gasteiger partial charge is 0.303 e. The van der Waals surface area contributed by atoms with Crippen LogP contribution in [0.4, 0.5) is 0 Å². The number of carboxylic acid groups (broad SMARTS) is 1. The van der Waals surface area contributed by atoms with E-state index < -0.39 is 5.97 Å². The molecule has 0 spiro atoms. The number of aliphatic carboxylic acids is 1. The minimum Gasteiger partial charge on any atom is -0.481 e. The minimum atomic E-state index is -0.779. The largest absolute Gasteiger partial charge is 0.481 e. The minimum absolute atomic E-state index is 0.128. The molecule has 2 unspecified atom stereocenters. The molecule has 0 radical (unpaired) electrons. The van der Waals surface area contributed by atoms with Crippen LogP contribution in [-0.2, 0) is 4.79 Å². The third-order valence-corrected chi connectivity index (χ3v) is 4.46. The molecule has 0 aliphatic carbocycles. The van der Waals surface area contributed by atoms with Crippen molar-refractivity contribution in [1.29, 1.82) is 0 Å². The van der Waals surface area contributed by atoms with E-state index in [1.165, 1.54) is 18.4 Å². The average Bonchev–Trinajstić information content (AvgIpc) is 2.69. The van der Waals surface area contributed by atoms with Crippen LogP contribution in [0.25, 0.3) is 0 Å².